The smallest absolute Gasteiger partial charge is 0.225 e. The average molecular weight is 287 g/mol. The first-order valence-corrected chi connectivity index (χ1v) is 7.09. The van der Waals surface area contributed by atoms with Gasteiger partial charge in [0.25, 0.3) is 0 Å². The molecule has 5 nitrogen and oxygen atoms in total. The fourth-order valence-corrected chi connectivity index (χ4v) is 2.55. The molecule has 2 aromatic rings. The summed E-state index contributed by atoms with van der Waals surface area (Å²) in [6, 6.07) is 3.19. The summed E-state index contributed by atoms with van der Waals surface area (Å²) in [4.78, 5) is 15.2. The molecule has 0 radical (unpaired) electrons. The Morgan fingerprint density at radius 3 is 2.86 bits per heavy atom. The maximum atomic E-state index is 13.0. The molecule has 3 rings (SSSR count). The molecule has 0 bridgehead atoms. The lowest BCUT2D eigenvalue weighted by Gasteiger charge is -2.30. The summed E-state index contributed by atoms with van der Waals surface area (Å²) in [5.74, 6) is 0.310. The molecular weight excluding hydrogens is 269 g/mol. The largest absolute Gasteiger partial charge is 0.339 e. The number of nitrogens with zero attached hydrogens (tertiary/aromatic N) is 4. The van der Waals surface area contributed by atoms with Crippen molar-refractivity contribution >= 4 is 5.95 Å². The molecule has 1 atom stereocenters. The quantitative estimate of drug-likeness (QED) is 0.914. The van der Waals surface area contributed by atoms with E-state index in [2.05, 4.69) is 19.9 Å². The second-order valence-electron chi connectivity index (χ2n) is 5.41. The summed E-state index contributed by atoms with van der Waals surface area (Å²) < 4.78 is 13.0. The molecule has 1 unspecified atom stereocenters. The van der Waals surface area contributed by atoms with Gasteiger partial charge in [-0.05, 0) is 37.5 Å². The van der Waals surface area contributed by atoms with Crippen molar-refractivity contribution in [1.82, 2.24) is 15.0 Å². The fraction of sp³-hybridized carbons (Fsp3) is 0.400. The van der Waals surface area contributed by atoms with Crippen LogP contribution in [0.5, 0.6) is 0 Å². The summed E-state index contributed by atoms with van der Waals surface area (Å²) in [7, 11) is 0. The summed E-state index contributed by atoms with van der Waals surface area (Å²) in [6.45, 7) is 3.60. The molecule has 2 aromatic heterocycles. The van der Waals surface area contributed by atoms with E-state index in [4.69, 9.17) is 5.73 Å². The Morgan fingerprint density at radius 1 is 1.29 bits per heavy atom. The zero-order valence-electron chi connectivity index (χ0n) is 12.0. The number of aromatic nitrogens is 3. The average Bonchev–Trinajstić information content (AvgIpc) is 2.49. The van der Waals surface area contributed by atoms with Crippen molar-refractivity contribution in [2.45, 2.75) is 25.8 Å². The first kappa shape index (κ1) is 13.9. The molecule has 0 aromatic carbocycles. The Labute approximate surface area is 123 Å². The van der Waals surface area contributed by atoms with Crippen LogP contribution >= 0.6 is 0 Å². The van der Waals surface area contributed by atoms with Crippen molar-refractivity contribution in [1.29, 1.82) is 0 Å². The van der Waals surface area contributed by atoms with Gasteiger partial charge >= 0.3 is 0 Å². The van der Waals surface area contributed by atoms with E-state index in [0.717, 1.165) is 37.2 Å². The Hall–Kier alpha value is -2.08. The number of aryl methyl sites for hydroxylation is 1. The monoisotopic (exact) mass is 287 g/mol. The summed E-state index contributed by atoms with van der Waals surface area (Å²) >= 11 is 0. The van der Waals surface area contributed by atoms with Crippen molar-refractivity contribution in [3.8, 4) is 11.4 Å². The number of rotatable bonds is 2. The van der Waals surface area contributed by atoms with Gasteiger partial charge in [0.1, 0.15) is 5.82 Å². The van der Waals surface area contributed by atoms with E-state index in [1.807, 2.05) is 6.92 Å². The molecule has 21 heavy (non-hydrogen) atoms. The van der Waals surface area contributed by atoms with Crippen LogP contribution in [0.25, 0.3) is 11.4 Å². The molecule has 1 aliphatic rings. The van der Waals surface area contributed by atoms with Gasteiger partial charge in [-0.15, -0.1) is 0 Å². The van der Waals surface area contributed by atoms with Gasteiger partial charge in [-0.25, -0.2) is 14.4 Å². The number of nitrogens with two attached hydrogens (primary N) is 1. The molecule has 1 aliphatic heterocycles. The van der Waals surface area contributed by atoms with Gasteiger partial charge in [-0.1, -0.05) is 0 Å². The van der Waals surface area contributed by atoms with E-state index in [-0.39, 0.29) is 11.9 Å². The number of piperidine rings is 1. The lowest BCUT2D eigenvalue weighted by Crippen LogP contribution is -2.43. The molecule has 0 saturated carbocycles. The van der Waals surface area contributed by atoms with Crippen LogP contribution in [0.15, 0.2) is 24.5 Å². The van der Waals surface area contributed by atoms with Gasteiger partial charge in [0, 0.05) is 25.3 Å². The molecule has 110 valence electrons. The standard InChI is InChI=1S/C15H18FN5/c1-10-7-19-15(21-6-2-3-12(17)9-21)20-14(10)13-5-4-11(16)8-18-13/h4-5,7-8,12H,2-3,6,9,17H2,1H3. The second kappa shape index (κ2) is 5.73. The summed E-state index contributed by atoms with van der Waals surface area (Å²) in [6.07, 6.45) is 5.06. The van der Waals surface area contributed by atoms with Crippen LogP contribution in [-0.2, 0) is 0 Å². The number of halogens is 1. The SMILES string of the molecule is Cc1cnc(N2CCCC(N)C2)nc1-c1ccc(F)cn1. The third kappa shape index (κ3) is 3.00. The maximum absolute atomic E-state index is 13.0. The minimum absolute atomic E-state index is 0.163. The molecule has 6 heteroatoms. The molecule has 0 aliphatic carbocycles. The highest BCUT2D eigenvalue weighted by Crippen LogP contribution is 2.22. The van der Waals surface area contributed by atoms with Gasteiger partial charge in [-0.3, -0.25) is 4.98 Å². The highest BCUT2D eigenvalue weighted by atomic mass is 19.1. The Bertz CT molecular complexity index is 628. The zero-order valence-corrected chi connectivity index (χ0v) is 12.0. The number of hydrogen-bond acceptors (Lipinski definition) is 5. The highest BCUT2D eigenvalue weighted by molar-refractivity contribution is 5.59. The Morgan fingerprint density at radius 2 is 2.14 bits per heavy atom. The van der Waals surface area contributed by atoms with Gasteiger partial charge in [0.2, 0.25) is 5.95 Å². The fourth-order valence-electron chi connectivity index (χ4n) is 2.55. The van der Waals surface area contributed by atoms with Crippen LogP contribution in [0.4, 0.5) is 10.3 Å². The third-order valence-electron chi connectivity index (χ3n) is 3.67. The Kier molecular flexibility index (Phi) is 3.79. The van der Waals surface area contributed by atoms with Crippen LogP contribution in [0.1, 0.15) is 18.4 Å². The Balaban J connectivity index is 1.94. The number of hydrogen-bond donors (Lipinski definition) is 1. The lowest BCUT2D eigenvalue weighted by molar-refractivity contribution is 0.500. The maximum Gasteiger partial charge on any atom is 0.225 e. The molecular formula is C15H18FN5. The molecule has 0 spiro atoms. The normalized spacial score (nSPS) is 18.8. The molecule has 0 amide bonds. The van der Waals surface area contributed by atoms with Crippen molar-refractivity contribution < 1.29 is 4.39 Å². The van der Waals surface area contributed by atoms with Crippen LogP contribution in [0.3, 0.4) is 0 Å². The van der Waals surface area contributed by atoms with Crippen molar-refractivity contribution in [2.24, 2.45) is 5.73 Å². The number of pyridine rings is 1. The van der Waals surface area contributed by atoms with Gasteiger partial charge in [0.15, 0.2) is 0 Å². The predicted molar refractivity (Wildman–Crippen MR) is 79.4 cm³/mol. The lowest BCUT2D eigenvalue weighted by atomic mass is 10.1. The third-order valence-corrected chi connectivity index (χ3v) is 3.67. The second-order valence-corrected chi connectivity index (χ2v) is 5.41. The van der Waals surface area contributed by atoms with Crippen molar-refractivity contribution in [3.63, 3.8) is 0 Å². The van der Waals surface area contributed by atoms with Gasteiger partial charge in [-0.2, -0.15) is 0 Å². The van der Waals surface area contributed by atoms with Crippen LogP contribution < -0.4 is 10.6 Å². The van der Waals surface area contributed by atoms with E-state index in [0.29, 0.717) is 11.6 Å². The minimum Gasteiger partial charge on any atom is -0.339 e. The van der Waals surface area contributed by atoms with Crippen LogP contribution in [0, 0.1) is 12.7 Å². The molecule has 1 saturated heterocycles. The first-order chi connectivity index (χ1) is 10.1. The van der Waals surface area contributed by atoms with Crippen molar-refractivity contribution in [3.05, 3.63) is 35.9 Å². The van der Waals surface area contributed by atoms with Gasteiger partial charge < -0.3 is 10.6 Å². The molecule has 3 heterocycles. The van der Waals surface area contributed by atoms with Gasteiger partial charge in [0.05, 0.1) is 17.6 Å². The zero-order chi connectivity index (χ0) is 14.8. The molecule has 1 fully saturated rings. The van der Waals surface area contributed by atoms with Crippen LogP contribution in [0.2, 0.25) is 0 Å². The van der Waals surface area contributed by atoms with E-state index in [1.165, 1.54) is 12.3 Å². The summed E-state index contributed by atoms with van der Waals surface area (Å²) in [5, 5.41) is 0. The van der Waals surface area contributed by atoms with Crippen LogP contribution in [-0.4, -0.2) is 34.1 Å². The first-order valence-electron chi connectivity index (χ1n) is 7.09. The topological polar surface area (TPSA) is 67.9 Å². The minimum atomic E-state index is -0.354. The van der Waals surface area contributed by atoms with E-state index >= 15 is 0 Å². The van der Waals surface area contributed by atoms with E-state index < -0.39 is 0 Å². The van der Waals surface area contributed by atoms with E-state index in [1.54, 1.807) is 12.3 Å². The predicted octanol–water partition coefficient (Wildman–Crippen LogP) is 1.91. The number of anilines is 1. The summed E-state index contributed by atoms with van der Waals surface area (Å²) in [5.41, 5.74) is 8.31. The molecule has 2 N–H and O–H groups in total. The van der Waals surface area contributed by atoms with E-state index in [9.17, 15) is 4.39 Å². The van der Waals surface area contributed by atoms with Crippen molar-refractivity contribution in [2.75, 3.05) is 18.0 Å². The highest BCUT2D eigenvalue weighted by Gasteiger charge is 2.20.